The Morgan fingerprint density at radius 1 is 1.00 bits per heavy atom. The maximum absolute atomic E-state index is 11.8. The van der Waals surface area contributed by atoms with Crippen LogP contribution in [-0.2, 0) is 24.4 Å². The second-order valence-electron chi connectivity index (χ2n) is 11.5. The Bertz CT molecular complexity index is 1660. The predicted molar refractivity (Wildman–Crippen MR) is 164 cm³/mol. The van der Waals surface area contributed by atoms with Crippen molar-refractivity contribution in [2.24, 2.45) is 0 Å². The van der Waals surface area contributed by atoms with Gasteiger partial charge in [-0.3, -0.25) is 9.69 Å². The summed E-state index contributed by atoms with van der Waals surface area (Å²) >= 11 is 0. The van der Waals surface area contributed by atoms with Crippen molar-refractivity contribution in [3.8, 4) is 11.6 Å². The number of imidazole rings is 1. The summed E-state index contributed by atoms with van der Waals surface area (Å²) in [6.45, 7) is 8.20. The van der Waals surface area contributed by atoms with Gasteiger partial charge in [0.1, 0.15) is 18.2 Å². The maximum Gasteiger partial charge on any atom is 0.335 e. The minimum Gasteiger partial charge on any atom is -0.493 e. The van der Waals surface area contributed by atoms with Crippen molar-refractivity contribution in [1.82, 2.24) is 19.4 Å². The van der Waals surface area contributed by atoms with E-state index < -0.39 is 5.97 Å². The SMILES string of the molecule is CCOc1cc(C(C)=O)ccc1COc1cccc(C2CCN(Cc3nc4ccc(C(=O)O)cc4n3C[C@@H]3CCO3)CC2)n1. The summed E-state index contributed by atoms with van der Waals surface area (Å²) in [4.78, 5) is 35.6. The number of piperidine rings is 1. The maximum atomic E-state index is 11.8. The molecule has 4 heterocycles. The number of likely N-dealkylation sites (tertiary alicyclic amines) is 1. The molecule has 2 saturated heterocycles. The standard InChI is InChI=1S/C34H38N4O6/c1-3-42-31-18-24(22(2)39)7-8-26(31)21-44-33-6-4-5-28(36-33)23-11-14-37(15-12-23)20-32-35-29-10-9-25(34(40)41)17-30(29)38(32)19-27-13-16-43-27/h4-10,17-18,23,27H,3,11-16,19-21H2,1-2H3,(H,40,41)/t27-/m0/s1. The molecule has 0 spiro atoms. The number of Topliss-reactive ketones (excluding diaryl/α,β-unsaturated/α-hetero) is 1. The average Bonchev–Trinajstić information content (AvgIpc) is 3.34. The van der Waals surface area contributed by atoms with Crippen LogP contribution in [0.2, 0.25) is 0 Å². The second kappa shape index (κ2) is 13.2. The lowest BCUT2D eigenvalue weighted by Crippen LogP contribution is -2.35. The lowest BCUT2D eigenvalue weighted by Gasteiger charge is -2.32. The molecule has 2 aromatic carbocycles. The van der Waals surface area contributed by atoms with Crippen molar-refractivity contribution in [3.63, 3.8) is 0 Å². The van der Waals surface area contributed by atoms with E-state index in [-0.39, 0.29) is 17.5 Å². The van der Waals surface area contributed by atoms with Crippen LogP contribution in [0.25, 0.3) is 11.0 Å². The van der Waals surface area contributed by atoms with Gasteiger partial charge < -0.3 is 23.9 Å². The smallest absolute Gasteiger partial charge is 0.335 e. The van der Waals surface area contributed by atoms with Crippen molar-refractivity contribution in [1.29, 1.82) is 0 Å². The molecule has 0 radical (unpaired) electrons. The number of aromatic nitrogens is 3. The number of carbonyl (C=O) groups excluding carboxylic acids is 1. The van der Waals surface area contributed by atoms with Gasteiger partial charge in [-0.25, -0.2) is 14.8 Å². The number of fused-ring (bicyclic) bond motifs is 1. The minimum absolute atomic E-state index is 0.00455. The number of nitrogens with zero attached hydrogens (tertiary/aromatic N) is 4. The molecule has 0 aliphatic carbocycles. The molecule has 0 bridgehead atoms. The van der Waals surface area contributed by atoms with Crippen LogP contribution >= 0.6 is 0 Å². The van der Waals surface area contributed by atoms with Gasteiger partial charge in [0.25, 0.3) is 0 Å². The van der Waals surface area contributed by atoms with Crippen LogP contribution in [0.15, 0.2) is 54.6 Å². The summed E-state index contributed by atoms with van der Waals surface area (Å²) in [7, 11) is 0. The third-order valence-corrected chi connectivity index (χ3v) is 8.52. The number of aromatic carboxylic acids is 1. The summed E-state index contributed by atoms with van der Waals surface area (Å²) in [6, 6.07) is 16.5. The van der Waals surface area contributed by atoms with Gasteiger partial charge in [-0.2, -0.15) is 0 Å². The number of carboxylic acid groups (broad SMARTS) is 1. The summed E-state index contributed by atoms with van der Waals surface area (Å²) < 4.78 is 19.7. The van der Waals surface area contributed by atoms with Crippen LogP contribution in [0.4, 0.5) is 0 Å². The number of pyridine rings is 1. The summed E-state index contributed by atoms with van der Waals surface area (Å²) in [5.74, 6) is 1.53. The summed E-state index contributed by atoms with van der Waals surface area (Å²) in [6.07, 6.45) is 3.06. The molecule has 2 aromatic heterocycles. The van der Waals surface area contributed by atoms with Gasteiger partial charge in [0.2, 0.25) is 5.88 Å². The summed E-state index contributed by atoms with van der Waals surface area (Å²) in [5, 5.41) is 9.53. The first-order valence-electron chi connectivity index (χ1n) is 15.3. The third kappa shape index (κ3) is 6.61. The van der Waals surface area contributed by atoms with Crippen LogP contribution in [0.1, 0.15) is 76.8 Å². The van der Waals surface area contributed by atoms with Gasteiger partial charge in [0, 0.05) is 35.4 Å². The molecule has 6 rings (SSSR count). The lowest BCUT2D eigenvalue weighted by molar-refractivity contribution is -0.0592. The van der Waals surface area contributed by atoms with E-state index >= 15 is 0 Å². The van der Waals surface area contributed by atoms with Crippen molar-refractivity contribution in [2.75, 3.05) is 26.3 Å². The molecule has 230 valence electrons. The highest BCUT2D eigenvalue weighted by Gasteiger charge is 2.26. The van der Waals surface area contributed by atoms with E-state index in [0.29, 0.717) is 49.4 Å². The van der Waals surface area contributed by atoms with Crippen molar-refractivity contribution >= 4 is 22.8 Å². The number of carboxylic acids is 1. The third-order valence-electron chi connectivity index (χ3n) is 8.52. The second-order valence-corrected chi connectivity index (χ2v) is 11.5. The molecule has 4 aromatic rings. The summed E-state index contributed by atoms with van der Waals surface area (Å²) in [5.41, 5.74) is 4.42. The molecule has 1 N–H and O–H groups in total. The van der Waals surface area contributed by atoms with Gasteiger partial charge in [0.15, 0.2) is 5.78 Å². The molecule has 1 atom stereocenters. The molecular weight excluding hydrogens is 560 g/mol. The zero-order chi connectivity index (χ0) is 30.6. The van der Waals surface area contributed by atoms with E-state index in [2.05, 4.69) is 15.5 Å². The van der Waals surface area contributed by atoms with Crippen LogP contribution in [-0.4, -0.2) is 68.7 Å². The number of rotatable bonds is 12. The van der Waals surface area contributed by atoms with Gasteiger partial charge in [-0.15, -0.1) is 0 Å². The monoisotopic (exact) mass is 598 g/mol. The zero-order valence-electron chi connectivity index (χ0n) is 25.2. The minimum atomic E-state index is -0.940. The molecular formula is C34H38N4O6. The van der Waals surface area contributed by atoms with Gasteiger partial charge in [-0.05, 0) is 76.5 Å². The van der Waals surface area contributed by atoms with Gasteiger partial charge >= 0.3 is 5.97 Å². The van der Waals surface area contributed by atoms with Gasteiger partial charge in [-0.1, -0.05) is 18.2 Å². The zero-order valence-corrected chi connectivity index (χ0v) is 25.2. The first-order chi connectivity index (χ1) is 21.4. The lowest BCUT2D eigenvalue weighted by atomic mass is 9.93. The first kappa shape index (κ1) is 29.8. The van der Waals surface area contributed by atoms with Crippen LogP contribution in [0, 0.1) is 0 Å². The quantitative estimate of drug-likeness (QED) is 0.212. The number of hydrogen-bond donors (Lipinski definition) is 1. The predicted octanol–water partition coefficient (Wildman–Crippen LogP) is 5.48. The van der Waals surface area contributed by atoms with E-state index in [1.54, 1.807) is 37.3 Å². The van der Waals surface area contributed by atoms with E-state index in [4.69, 9.17) is 24.2 Å². The topological polar surface area (TPSA) is 116 Å². The Balaban J connectivity index is 1.10. The largest absolute Gasteiger partial charge is 0.493 e. The fraction of sp³-hybridized carbons (Fsp3) is 0.412. The molecule has 2 aliphatic rings. The van der Waals surface area contributed by atoms with Crippen molar-refractivity contribution in [2.45, 2.75) is 64.8 Å². The highest BCUT2D eigenvalue weighted by molar-refractivity contribution is 5.94. The molecule has 0 amide bonds. The Hall–Kier alpha value is -4.28. The van der Waals surface area contributed by atoms with E-state index in [1.165, 1.54) is 0 Å². The van der Waals surface area contributed by atoms with E-state index in [0.717, 1.165) is 67.1 Å². The number of benzene rings is 2. The highest BCUT2D eigenvalue weighted by Crippen LogP contribution is 2.30. The number of ether oxygens (including phenoxy) is 3. The highest BCUT2D eigenvalue weighted by atomic mass is 16.5. The van der Waals surface area contributed by atoms with Crippen molar-refractivity contribution in [3.05, 3.63) is 82.8 Å². The molecule has 10 heteroatoms. The molecule has 0 saturated carbocycles. The molecule has 10 nitrogen and oxygen atoms in total. The molecule has 0 unspecified atom stereocenters. The number of ketones is 1. The fourth-order valence-electron chi connectivity index (χ4n) is 5.92. The normalized spacial score (nSPS) is 17.4. The number of carbonyl (C=O) groups is 2. The van der Waals surface area contributed by atoms with Crippen molar-refractivity contribution < 1.29 is 28.9 Å². The van der Waals surface area contributed by atoms with Crippen LogP contribution < -0.4 is 9.47 Å². The Kier molecular flexibility index (Phi) is 8.90. The first-order valence-corrected chi connectivity index (χ1v) is 15.3. The Morgan fingerprint density at radius 2 is 1.80 bits per heavy atom. The Morgan fingerprint density at radius 3 is 2.50 bits per heavy atom. The number of hydrogen-bond acceptors (Lipinski definition) is 8. The van der Waals surface area contributed by atoms with Crippen LogP contribution in [0.5, 0.6) is 11.6 Å². The molecule has 2 aliphatic heterocycles. The van der Waals surface area contributed by atoms with E-state index in [9.17, 15) is 14.7 Å². The molecule has 2 fully saturated rings. The van der Waals surface area contributed by atoms with Gasteiger partial charge in [0.05, 0.1) is 42.4 Å². The fourth-order valence-corrected chi connectivity index (χ4v) is 5.92. The Labute approximate surface area is 256 Å². The average molecular weight is 599 g/mol. The van der Waals surface area contributed by atoms with Crippen LogP contribution in [0.3, 0.4) is 0 Å². The molecule has 44 heavy (non-hydrogen) atoms. The van der Waals surface area contributed by atoms with E-state index in [1.807, 2.05) is 25.1 Å².